The number of pyridine rings is 2. The minimum absolute atomic E-state index is 0. The monoisotopic (exact) mass is 1800 g/mol. The first-order chi connectivity index (χ1) is 51.7. The summed E-state index contributed by atoms with van der Waals surface area (Å²) < 4.78 is 17.5. The molecule has 0 spiro atoms. The Kier molecular flexibility index (Phi) is 20.6. The van der Waals surface area contributed by atoms with Gasteiger partial charge in [0.25, 0.3) is 0 Å². The second-order valence-corrected chi connectivity index (χ2v) is 33.5. The van der Waals surface area contributed by atoms with Crippen LogP contribution < -0.4 is 29.1 Å². The molecule has 6 heterocycles. The molecule has 0 amide bonds. The van der Waals surface area contributed by atoms with Crippen molar-refractivity contribution in [2.45, 2.75) is 131 Å². The quantitative estimate of drug-likeness (QED) is 0.119. The van der Waals surface area contributed by atoms with Gasteiger partial charge in [0.15, 0.2) is 0 Å². The molecular weight excluding hydrogens is 1710 g/mol. The molecule has 4 aromatic heterocycles. The number of ether oxygens (including phenoxy) is 2. The molecule has 0 radical (unpaired) electrons. The molecule has 2 aliphatic rings. The van der Waals surface area contributed by atoms with Crippen LogP contribution in [0, 0.1) is 37.6 Å². The molecule has 560 valence electrons. The zero-order chi connectivity index (χ0) is 75.2. The van der Waals surface area contributed by atoms with E-state index >= 15 is 0 Å². The summed E-state index contributed by atoms with van der Waals surface area (Å²) in [5, 5.41) is 4.49. The molecule has 0 unspecified atom stereocenters. The van der Waals surface area contributed by atoms with Crippen LogP contribution in [0.4, 0.5) is 45.5 Å². The summed E-state index contributed by atoms with van der Waals surface area (Å²) in [7, 11) is 0. The summed E-state index contributed by atoms with van der Waals surface area (Å²) in [5.74, 6) is 4.16. The summed E-state index contributed by atoms with van der Waals surface area (Å²) in [6, 6.07) is 102. The van der Waals surface area contributed by atoms with E-state index in [1.807, 2.05) is 48.8 Å². The van der Waals surface area contributed by atoms with Crippen molar-refractivity contribution in [1.29, 1.82) is 0 Å². The van der Waals surface area contributed by atoms with Crippen LogP contribution in [0.3, 0.4) is 0 Å². The van der Waals surface area contributed by atoms with Crippen LogP contribution in [-0.4, -0.2) is 19.1 Å². The van der Waals surface area contributed by atoms with Gasteiger partial charge in [-0.25, -0.2) is 9.97 Å². The van der Waals surface area contributed by atoms with Crippen molar-refractivity contribution < 1.29 is 51.6 Å². The van der Waals surface area contributed by atoms with Gasteiger partial charge in [0, 0.05) is 128 Å². The van der Waals surface area contributed by atoms with E-state index in [-0.39, 0.29) is 69.2 Å². The number of fused-ring (bicyclic) bond motifs is 8. The smallest absolute Gasteiger partial charge is 0.135 e. The molecule has 110 heavy (non-hydrogen) atoms. The molecule has 11 aromatic carbocycles. The number of rotatable bonds is 11. The number of benzene rings is 11. The summed E-state index contributed by atoms with van der Waals surface area (Å²) in [5.41, 5.74) is 21.1. The van der Waals surface area contributed by atoms with Crippen LogP contribution in [0.2, 0.25) is 0 Å². The van der Waals surface area contributed by atoms with Crippen LogP contribution >= 0.6 is 0 Å². The van der Waals surface area contributed by atoms with Gasteiger partial charge in [-0.15, -0.1) is 96.1 Å². The topological polar surface area (TPSA) is 67.1 Å². The Morgan fingerprint density at radius 3 is 1.15 bits per heavy atom. The number of hydrogen-bond acceptors (Lipinski definition) is 8. The standard InChI is InChI=1S/C50H43N4O.C48H47N4O.2Pt/c1-49(2,3)35-23-26-43(42(29-35)34-15-8-7-9-16-34)53-33-52(45-21-12-13-22-46(45)53)37-17-14-18-38(31-37)55-39-24-25-41-40-19-10-11-20-44(40)54(47(41)32-39)48-30-36(27-28-51-48)50(4,5)6;1-46(2,3)32-23-24-49-45(28-32)52-41-18-11-10-17-39(41)40-22-21-38(30-44(40)52)53-37-16-14-15-35(29-37)50-31-51(43-20-13-12-19-42(43)50)36-26-33(47(4,5)6)25-34(27-36)48(7,8)9;;/h7-30,33H,1-6H3;10-28,31H,1-9H3;;/q2*-3;;. The molecule has 15 aromatic rings. The molecule has 0 saturated heterocycles. The summed E-state index contributed by atoms with van der Waals surface area (Å²) in [4.78, 5) is 18.6. The Labute approximate surface area is 677 Å². The molecule has 0 atom stereocenters. The first kappa shape index (κ1) is 76.3. The van der Waals surface area contributed by atoms with Crippen LogP contribution in [0.5, 0.6) is 23.0 Å². The van der Waals surface area contributed by atoms with Gasteiger partial charge >= 0.3 is 0 Å². The van der Waals surface area contributed by atoms with Crippen LogP contribution in [0.25, 0.3) is 66.4 Å². The maximum absolute atomic E-state index is 6.57. The van der Waals surface area contributed by atoms with Crippen LogP contribution in [0.15, 0.2) is 261 Å². The van der Waals surface area contributed by atoms with Gasteiger partial charge < -0.3 is 38.2 Å². The molecule has 0 N–H and O–H groups in total. The Bertz CT molecular complexity index is 5890. The molecule has 12 heteroatoms. The van der Waals surface area contributed by atoms with E-state index in [1.54, 1.807) is 0 Å². The number of hydrogen-bond donors (Lipinski definition) is 0. The van der Waals surface area contributed by atoms with Crippen LogP contribution in [-0.2, 0) is 69.2 Å². The third kappa shape index (κ3) is 14.9. The Morgan fingerprint density at radius 1 is 0.300 bits per heavy atom. The van der Waals surface area contributed by atoms with Crippen molar-refractivity contribution in [2.75, 3.05) is 19.6 Å². The fourth-order valence-electron chi connectivity index (χ4n) is 14.5. The zero-order valence-corrected chi connectivity index (χ0v) is 69.6. The first-order valence-electron chi connectivity index (χ1n) is 37.3. The molecule has 0 saturated carbocycles. The van der Waals surface area contributed by atoms with E-state index in [4.69, 9.17) is 19.4 Å². The number of para-hydroxylation sites is 6. The van der Waals surface area contributed by atoms with E-state index < -0.39 is 0 Å². The minimum atomic E-state index is -0.0132. The van der Waals surface area contributed by atoms with Gasteiger partial charge in [-0.05, 0) is 156 Å². The van der Waals surface area contributed by atoms with Crippen molar-refractivity contribution in [3.8, 4) is 45.8 Å². The molecular formula is C98H90N8O2Pt2-6. The van der Waals surface area contributed by atoms with Gasteiger partial charge in [0.1, 0.15) is 11.6 Å². The van der Waals surface area contributed by atoms with E-state index in [2.05, 4.69) is 383 Å². The van der Waals surface area contributed by atoms with Gasteiger partial charge in [0.05, 0.1) is 0 Å². The van der Waals surface area contributed by atoms with Gasteiger partial charge in [-0.3, -0.25) is 0 Å². The second kappa shape index (κ2) is 29.7. The van der Waals surface area contributed by atoms with E-state index in [0.717, 1.165) is 101 Å². The molecule has 2 aliphatic heterocycles. The molecule has 0 fully saturated rings. The Morgan fingerprint density at radius 2 is 0.691 bits per heavy atom. The molecule has 10 nitrogen and oxygen atoms in total. The van der Waals surface area contributed by atoms with Crippen LogP contribution in [0.1, 0.15) is 132 Å². The maximum atomic E-state index is 6.57. The zero-order valence-electron chi connectivity index (χ0n) is 65.0. The van der Waals surface area contributed by atoms with Gasteiger partial charge in [-0.1, -0.05) is 218 Å². The first-order valence-corrected chi connectivity index (χ1v) is 37.3. The number of anilines is 8. The third-order valence-corrected chi connectivity index (χ3v) is 20.7. The largest absolute Gasteiger partial charge is 0.509 e. The van der Waals surface area contributed by atoms with Crippen molar-refractivity contribution in [3.05, 3.63) is 327 Å². The fourth-order valence-corrected chi connectivity index (χ4v) is 14.5. The molecule has 0 aliphatic carbocycles. The SMILES string of the molecule is CC(C)(C)c1cc(N2[CH-]N(c3[c-]c(Oc4[c-]c5c(cc4)c4ccccc4n5-c4cc(C(C)(C)C)ccn4)ccc3)c3ccccc32)cc(C(C)(C)C)c1.CC(C)(C)c1ccnc(-n2c3[c-]c(Oc4[c-]c(N5[CH-]N(c6ccc(C(C)(C)C)cc6-c6ccccc6)c6ccccc65)ccc4)ccc3c3ccccc32)c1.[Pt].[Pt]. The van der Waals surface area contributed by atoms with Gasteiger partial charge in [0.2, 0.25) is 0 Å². The number of nitrogens with zero attached hydrogens (tertiary/aromatic N) is 8. The predicted molar refractivity (Wildman–Crippen MR) is 447 cm³/mol. The molecule has 17 rings (SSSR count). The Hall–Kier alpha value is -10.5. The maximum Gasteiger partial charge on any atom is 0.135 e. The average Bonchev–Trinajstić information content (AvgIpc) is 1.60. The summed E-state index contributed by atoms with van der Waals surface area (Å²) in [6.07, 6.45) is 3.80. The van der Waals surface area contributed by atoms with Crippen molar-refractivity contribution in [3.63, 3.8) is 0 Å². The average molecular weight is 1800 g/mol. The predicted octanol–water partition coefficient (Wildman–Crippen LogP) is 26.1. The Balaban J connectivity index is 0.000000180. The fraction of sp³-hybridized carbons (Fsp3) is 0.204. The minimum Gasteiger partial charge on any atom is -0.509 e. The number of aromatic nitrogens is 4. The van der Waals surface area contributed by atoms with Crippen molar-refractivity contribution in [1.82, 2.24) is 19.1 Å². The summed E-state index contributed by atoms with van der Waals surface area (Å²) in [6.45, 7) is 38.2. The summed E-state index contributed by atoms with van der Waals surface area (Å²) >= 11 is 0. The van der Waals surface area contributed by atoms with E-state index in [1.165, 1.54) is 38.9 Å². The second-order valence-electron chi connectivity index (χ2n) is 33.5. The van der Waals surface area contributed by atoms with E-state index in [0.29, 0.717) is 23.0 Å². The van der Waals surface area contributed by atoms with Gasteiger partial charge in [-0.2, -0.15) is 24.3 Å². The van der Waals surface area contributed by atoms with Crippen molar-refractivity contribution in [2.24, 2.45) is 0 Å². The molecule has 0 bridgehead atoms. The normalized spacial score (nSPS) is 13.1. The van der Waals surface area contributed by atoms with E-state index in [9.17, 15) is 0 Å². The third-order valence-electron chi connectivity index (χ3n) is 20.7. The van der Waals surface area contributed by atoms with Crippen molar-refractivity contribution >= 4 is 89.1 Å².